The van der Waals surface area contributed by atoms with Crippen LogP contribution in [0.5, 0.6) is 28.7 Å². The molecule has 0 bridgehead atoms. The van der Waals surface area contributed by atoms with Gasteiger partial charge in [0, 0.05) is 11.8 Å². The Kier molecular flexibility index (Phi) is 6.97. The summed E-state index contributed by atoms with van der Waals surface area (Å²) in [5.41, 5.74) is 1.05. The predicted octanol–water partition coefficient (Wildman–Crippen LogP) is 4.77. The van der Waals surface area contributed by atoms with Crippen molar-refractivity contribution in [2.45, 2.75) is 13.0 Å². The van der Waals surface area contributed by atoms with Gasteiger partial charge < -0.3 is 24.3 Å². The average molecular weight is 418 g/mol. The molecule has 1 N–H and O–H groups in total. The molecule has 0 aliphatic carbocycles. The van der Waals surface area contributed by atoms with Crippen LogP contribution in [0.25, 0.3) is 0 Å². The van der Waals surface area contributed by atoms with E-state index in [-0.39, 0.29) is 5.91 Å². The number of carbonyl (C=O) groups is 1. The molecule has 1 unspecified atom stereocenters. The Morgan fingerprint density at radius 1 is 0.871 bits per heavy atom. The zero-order valence-electron chi connectivity index (χ0n) is 17.4. The van der Waals surface area contributed by atoms with Crippen molar-refractivity contribution in [3.8, 4) is 34.8 Å². The largest absolute Gasteiger partial charge is 0.497 e. The van der Waals surface area contributed by atoms with Gasteiger partial charge in [0.2, 0.25) is 0 Å². The van der Waals surface area contributed by atoms with Crippen molar-refractivity contribution in [1.82, 2.24) is 0 Å². The molecular formula is C24H22N2O5. The van der Waals surface area contributed by atoms with Crippen LogP contribution in [0.15, 0.2) is 66.7 Å². The summed E-state index contributed by atoms with van der Waals surface area (Å²) in [6, 6.07) is 20.8. The Bertz CT molecular complexity index is 1070. The molecule has 7 nitrogen and oxygen atoms in total. The fourth-order valence-electron chi connectivity index (χ4n) is 2.71. The quantitative estimate of drug-likeness (QED) is 0.567. The van der Waals surface area contributed by atoms with Gasteiger partial charge in [0.25, 0.3) is 5.91 Å². The smallest absolute Gasteiger partial charge is 0.265 e. The first-order valence-electron chi connectivity index (χ1n) is 9.50. The van der Waals surface area contributed by atoms with Gasteiger partial charge in [0.1, 0.15) is 17.2 Å². The van der Waals surface area contributed by atoms with Crippen LogP contribution in [0.2, 0.25) is 0 Å². The first-order valence-corrected chi connectivity index (χ1v) is 9.50. The zero-order valence-corrected chi connectivity index (χ0v) is 17.4. The van der Waals surface area contributed by atoms with Crippen LogP contribution in [0, 0.1) is 11.3 Å². The molecule has 158 valence electrons. The van der Waals surface area contributed by atoms with Crippen molar-refractivity contribution in [3.63, 3.8) is 0 Å². The fourth-order valence-corrected chi connectivity index (χ4v) is 2.71. The highest BCUT2D eigenvalue weighted by atomic mass is 16.5. The third-order valence-electron chi connectivity index (χ3n) is 4.38. The van der Waals surface area contributed by atoms with E-state index in [1.807, 2.05) is 6.07 Å². The van der Waals surface area contributed by atoms with Gasteiger partial charge in [-0.3, -0.25) is 4.79 Å². The van der Waals surface area contributed by atoms with Crippen LogP contribution in [-0.2, 0) is 4.79 Å². The normalized spacial score (nSPS) is 11.0. The monoisotopic (exact) mass is 418 g/mol. The number of hydrogen-bond acceptors (Lipinski definition) is 6. The number of nitriles is 1. The van der Waals surface area contributed by atoms with E-state index in [0.29, 0.717) is 34.2 Å². The lowest BCUT2D eigenvalue weighted by Gasteiger charge is -2.16. The van der Waals surface area contributed by atoms with Crippen molar-refractivity contribution in [3.05, 3.63) is 72.3 Å². The number of rotatable bonds is 8. The van der Waals surface area contributed by atoms with Crippen molar-refractivity contribution in [1.29, 1.82) is 5.26 Å². The minimum Gasteiger partial charge on any atom is -0.497 e. The molecular weight excluding hydrogens is 396 g/mol. The Morgan fingerprint density at radius 3 is 2.13 bits per heavy atom. The molecule has 0 fully saturated rings. The van der Waals surface area contributed by atoms with Gasteiger partial charge in [0.15, 0.2) is 17.6 Å². The number of methoxy groups -OCH3 is 2. The van der Waals surface area contributed by atoms with Gasteiger partial charge >= 0.3 is 0 Å². The van der Waals surface area contributed by atoms with Crippen LogP contribution < -0.4 is 24.3 Å². The molecule has 0 saturated carbocycles. The maximum atomic E-state index is 12.6. The average Bonchev–Trinajstić information content (AvgIpc) is 2.80. The molecule has 7 heteroatoms. The predicted molar refractivity (Wildman–Crippen MR) is 116 cm³/mol. The number of nitrogens with one attached hydrogen (secondary N) is 1. The first-order chi connectivity index (χ1) is 15.0. The van der Waals surface area contributed by atoms with E-state index < -0.39 is 6.10 Å². The number of benzene rings is 3. The molecule has 0 aliphatic heterocycles. The van der Waals surface area contributed by atoms with Gasteiger partial charge in [-0.15, -0.1) is 0 Å². The third-order valence-corrected chi connectivity index (χ3v) is 4.38. The van der Waals surface area contributed by atoms with Crippen LogP contribution in [0.1, 0.15) is 12.5 Å². The number of carbonyl (C=O) groups excluding carboxylic acids is 1. The molecule has 3 rings (SSSR count). The molecule has 3 aromatic rings. The summed E-state index contributed by atoms with van der Waals surface area (Å²) in [5, 5.41) is 11.7. The second-order valence-electron chi connectivity index (χ2n) is 6.53. The lowest BCUT2D eigenvalue weighted by molar-refractivity contribution is -0.122. The van der Waals surface area contributed by atoms with Gasteiger partial charge in [-0.1, -0.05) is 0 Å². The molecule has 0 radical (unpaired) electrons. The second-order valence-corrected chi connectivity index (χ2v) is 6.53. The van der Waals surface area contributed by atoms with Crippen LogP contribution >= 0.6 is 0 Å². The standard InChI is InChI=1S/C24H22N2O5/c1-16(30-20-7-4-17(15-25)5-8-20)24(27)26-18-6-13-22(29-3)23(14-18)31-21-11-9-19(28-2)10-12-21/h4-14,16H,1-3H3,(H,26,27). The molecule has 0 aromatic heterocycles. The Morgan fingerprint density at radius 2 is 1.52 bits per heavy atom. The molecule has 31 heavy (non-hydrogen) atoms. The maximum absolute atomic E-state index is 12.6. The molecule has 0 saturated heterocycles. The van der Waals surface area contributed by atoms with E-state index >= 15 is 0 Å². The van der Waals surface area contributed by atoms with E-state index in [4.69, 9.17) is 24.2 Å². The van der Waals surface area contributed by atoms with E-state index in [9.17, 15) is 4.79 Å². The highest BCUT2D eigenvalue weighted by Gasteiger charge is 2.16. The van der Waals surface area contributed by atoms with Crippen molar-refractivity contribution >= 4 is 11.6 Å². The van der Waals surface area contributed by atoms with E-state index in [1.54, 1.807) is 87.9 Å². The van der Waals surface area contributed by atoms with Crippen molar-refractivity contribution in [2.75, 3.05) is 19.5 Å². The molecule has 3 aromatic carbocycles. The minimum absolute atomic E-state index is 0.329. The summed E-state index contributed by atoms with van der Waals surface area (Å²) in [7, 11) is 3.14. The summed E-state index contributed by atoms with van der Waals surface area (Å²) in [6.07, 6.45) is -0.749. The fraction of sp³-hybridized carbons (Fsp3) is 0.167. The minimum atomic E-state index is -0.749. The maximum Gasteiger partial charge on any atom is 0.265 e. The number of amides is 1. The summed E-state index contributed by atoms with van der Waals surface area (Å²) in [4.78, 5) is 12.6. The Labute approximate surface area is 180 Å². The Balaban J connectivity index is 1.69. The first kappa shape index (κ1) is 21.5. The Hall–Kier alpha value is -4.18. The molecule has 0 aliphatic rings. The zero-order chi connectivity index (χ0) is 22.2. The molecule has 0 spiro atoms. The summed E-state index contributed by atoms with van der Waals surface area (Å²) < 4.78 is 22.1. The SMILES string of the molecule is COc1ccc(Oc2cc(NC(=O)C(C)Oc3ccc(C#N)cc3)ccc2OC)cc1. The van der Waals surface area contributed by atoms with Gasteiger partial charge in [-0.2, -0.15) is 5.26 Å². The summed E-state index contributed by atoms with van der Waals surface area (Å²) in [6.45, 7) is 1.64. The second kappa shape index (κ2) is 10.0. The number of hydrogen-bond donors (Lipinski definition) is 1. The highest BCUT2D eigenvalue weighted by Crippen LogP contribution is 2.34. The number of nitrogens with zero attached hydrogens (tertiary/aromatic N) is 1. The summed E-state index contributed by atoms with van der Waals surface area (Å²) in [5.74, 6) is 2.46. The third kappa shape index (κ3) is 5.67. The van der Waals surface area contributed by atoms with Crippen molar-refractivity contribution in [2.24, 2.45) is 0 Å². The highest BCUT2D eigenvalue weighted by molar-refractivity contribution is 5.94. The topological polar surface area (TPSA) is 89.8 Å². The molecule has 1 atom stereocenters. The van der Waals surface area contributed by atoms with E-state index in [2.05, 4.69) is 5.32 Å². The van der Waals surface area contributed by atoms with Gasteiger partial charge in [-0.05, 0) is 67.6 Å². The van der Waals surface area contributed by atoms with E-state index in [1.165, 1.54) is 0 Å². The lowest BCUT2D eigenvalue weighted by atomic mass is 10.2. The van der Waals surface area contributed by atoms with Crippen LogP contribution in [0.4, 0.5) is 5.69 Å². The summed E-state index contributed by atoms with van der Waals surface area (Å²) >= 11 is 0. The number of ether oxygens (including phenoxy) is 4. The molecule has 0 heterocycles. The van der Waals surface area contributed by atoms with Gasteiger partial charge in [-0.25, -0.2) is 0 Å². The van der Waals surface area contributed by atoms with Crippen molar-refractivity contribution < 1.29 is 23.7 Å². The molecule has 1 amide bonds. The number of anilines is 1. The van der Waals surface area contributed by atoms with Gasteiger partial charge in [0.05, 0.1) is 25.9 Å². The van der Waals surface area contributed by atoms with Crippen LogP contribution in [-0.4, -0.2) is 26.2 Å². The lowest BCUT2D eigenvalue weighted by Crippen LogP contribution is -2.30. The van der Waals surface area contributed by atoms with Crippen LogP contribution in [0.3, 0.4) is 0 Å². The van der Waals surface area contributed by atoms with E-state index in [0.717, 1.165) is 5.75 Å².